The molecule has 0 amide bonds. The second-order valence-corrected chi connectivity index (χ2v) is 5.35. The van der Waals surface area contributed by atoms with Crippen LogP contribution in [0.5, 0.6) is 0 Å². The van der Waals surface area contributed by atoms with Crippen molar-refractivity contribution in [3.8, 4) is 0 Å². The van der Waals surface area contributed by atoms with Crippen LogP contribution in [0.2, 0.25) is 0 Å². The van der Waals surface area contributed by atoms with Crippen LogP contribution in [-0.2, 0) is 0 Å². The van der Waals surface area contributed by atoms with Crippen molar-refractivity contribution in [1.82, 2.24) is 5.32 Å². The minimum Gasteiger partial charge on any atom is -0.362 e. The molecule has 5 nitrogen and oxygen atoms in total. The molecule has 2 atom stereocenters. The summed E-state index contributed by atoms with van der Waals surface area (Å²) in [5, 5.41) is 14.4. The molecule has 0 radical (unpaired) electrons. The van der Waals surface area contributed by atoms with Crippen LogP contribution in [0.4, 0.5) is 20.2 Å². The molecule has 1 N–H and O–H groups in total. The SMILES string of the molecule is O=[N+]([O-])c1ccc(F)c(F)c1N1CC2CCCNC2C1. The number of hydrogen-bond donors (Lipinski definition) is 1. The smallest absolute Gasteiger partial charge is 0.295 e. The van der Waals surface area contributed by atoms with Gasteiger partial charge in [-0.25, -0.2) is 8.78 Å². The van der Waals surface area contributed by atoms with E-state index in [1.165, 1.54) is 0 Å². The van der Waals surface area contributed by atoms with Crippen molar-refractivity contribution in [2.45, 2.75) is 18.9 Å². The second kappa shape index (κ2) is 4.97. The first-order chi connectivity index (χ1) is 9.58. The molecule has 0 aliphatic carbocycles. The number of nitro groups is 1. The zero-order valence-corrected chi connectivity index (χ0v) is 10.8. The Kier molecular flexibility index (Phi) is 3.29. The molecule has 0 aromatic heterocycles. The van der Waals surface area contributed by atoms with Gasteiger partial charge in [-0.3, -0.25) is 10.1 Å². The lowest BCUT2D eigenvalue weighted by Crippen LogP contribution is -2.40. The maximum atomic E-state index is 14.0. The molecule has 1 aromatic rings. The summed E-state index contributed by atoms with van der Waals surface area (Å²) < 4.78 is 27.4. The van der Waals surface area contributed by atoms with E-state index >= 15 is 0 Å². The Morgan fingerprint density at radius 3 is 2.85 bits per heavy atom. The lowest BCUT2D eigenvalue weighted by Gasteiger charge is -2.24. The van der Waals surface area contributed by atoms with E-state index in [4.69, 9.17) is 0 Å². The number of nitrogens with zero attached hydrogens (tertiary/aromatic N) is 2. The number of halogens is 2. The summed E-state index contributed by atoms with van der Waals surface area (Å²) in [6, 6.07) is 2.03. The number of fused-ring (bicyclic) bond motifs is 1. The van der Waals surface area contributed by atoms with E-state index < -0.39 is 16.6 Å². The molecule has 2 aliphatic rings. The lowest BCUT2D eigenvalue weighted by molar-refractivity contribution is -0.384. The number of anilines is 1. The van der Waals surface area contributed by atoms with Gasteiger partial charge in [0, 0.05) is 25.2 Å². The number of nitrogens with one attached hydrogen (secondary N) is 1. The van der Waals surface area contributed by atoms with Crippen LogP contribution in [0.1, 0.15) is 12.8 Å². The summed E-state index contributed by atoms with van der Waals surface area (Å²) in [6.45, 7) is 1.91. The minimum absolute atomic E-state index is 0.200. The van der Waals surface area contributed by atoms with Gasteiger partial charge in [0.1, 0.15) is 0 Å². The van der Waals surface area contributed by atoms with Gasteiger partial charge in [0.2, 0.25) is 0 Å². The lowest BCUT2D eigenvalue weighted by atomic mass is 9.94. The van der Waals surface area contributed by atoms with Crippen molar-refractivity contribution in [3.05, 3.63) is 33.9 Å². The molecule has 7 heteroatoms. The van der Waals surface area contributed by atoms with Gasteiger partial charge in [0.05, 0.1) is 4.92 Å². The Labute approximate surface area is 114 Å². The number of rotatable bonds is 2. The van der Waals surface area contributed by atoms with Crippen LogP contribution in [0.25, 0.3) is 0 Å². The van der Waals surface area contributed by atoms with E-state index in [1.807, 2.05) is 0 Å². The molecule has 2 unspecified atom stereocenters. The molecule has 0 saturated carbocycles. The van der Waals surface area contributed by atoms with Gasteiger partial charge >= 0.3 is 0 Å². The van der Waals surface area contributed by atoms with Crippen molar-refractivity contribution < 1.29 is 13.7 Å². The second-order valence-electron chi connectivity index (χ2n) is 5.35. The van der Waals surface area contributed by atoms with Crippen molar-refractivity contribution in [1.29, 1.82) is 0 Å². The van der Waals surface area contributed by atoms with Gasteiger partial charge in [-0.05, 0) is 31.4 Å². The van der Waals surface area contributed by atoms with E-state index in [9.17, 15) is 18.9 Å². The van der Waals surface area contributed by atoms with E-state index in [-0.39, 0.29) is 17.4 Å². The van der Waals surface area contributed by atoms with Crippen molar-refractivity contribution in [3.63, 3.8) is 0 Å². The van der Waals surface area contributed by atoms with Crippen molar-refractivity contribution in [2.24, 2.45) is 5.92 Å². The summed E-state index contributed by atoms with van der Waals surface area (Å²) in [5.41, 5.74) is -0.589. The van der Waals surface area contributed by atoms with Gasteiger partial charge in [0.25, 0.3) is 5.69 Å². The molecule has 2 aliphatic heterocycles. The maximum Gasteiger partial charge on any atom is 0.295 e. The fraction of sp³-hybridized carbons (Fsp3) is 0.538. The Morgan fingerprint density at radius 1 is 1.35 bits per heavy atom. The third kappa shape index (κ3) is 2.11. The van der Waals surface area contributed by atoms with Gasteiger partial charge in [-0.2, -0.15) is 0 Å². The van der Waals surface area contributed by atoms with E-state index in [2.05, 4.69) is 5.32 Å². The fourth-order valence-electron chi connectivity index (χ4n) is 3.21. The van der Waals surface area contributed by atoms with Crippen LogP contribution in [-0.4, -0.2) is 30.6 Å². The summed E-state index contributed by atoms with van der Waals surface area (Å²) in [5.74, 6) is -1.84. The molecule has 2 fully saturated rings. The van der Waals surface area contributed by atoms with Gasteiger partial charge < -0.3 is 10.2 Å². The van der Waals surface area contributed by atoms with Crippen molar-refractivity contribution >= 4 is 11.4 Å². The van der Waals surface area contributed by atoms with Crippen LogP contribution >= 0.6 is 0 Å². The van der Waals surface area contributed by atoms with E-state index in [1.54, 1.807) is 4.90 Å². The monoisotopic (exact) mass is 283 g/mol. The molecule has 20 heavy (non-hydrogen) atoms. The minimum atomic E-state index is -1.13. The van der Waals surface area contributed by atoms with E-state index in [0.29, 0.717) is 19.0 Å². The Morgan fingerprint density at radius 2 is 2.15 bits per heavy atom. The van der Waals surface area contributed by atoms with Gasteiger partial charge in [0.15, 0.2) is 17.3 Å². The average Bonchev–Trinajstić information content (AvgIpc) is 2.84. The molecule has 2 saturated heterocycles. The quantitative estimate of drug-likeness (QED) is 0.666. The zero-order chi connectivity index (χ0) is 14.3. The highest BCUT2D eigenvalue weighted by Gasteiger charge is 2.38. The highest BCUT2D eigenvalue weighted by atomic mass is 19.2. The summed E-state index contributed by atoms with van der Waals surface area (Å²) >= 11 is 0. The first kappa shape index (κ1) is 13.2. The molecule has 3 rings (SSSR count). The number of benzene rings is 1. The fourth-order valence-corrected chi connectivity index (χ4v) is 3.21. The zero-order valence-electron chi connectivity index (χ0n) is 10.8. The summed E-state index contributed by atoms with van der Waals surface area (Å²) in [6.07, 6.45) is 2.06. The van der Waals surface area contributed by atoms with Crippen LogP contribution in [0.3, 0.4) is 0 Å². The highest BCUT2D eigenvalue weighted by Crippen LogP contribution is 2.37. The van der Waals surface area contributed by atoms with Crippen LogP contribution in [0, 0.1) is 27.7 Å². The average molecular weight is 283 g/mol. The molecule has 0 spiro atoms. The normalized spacial score (nSPS) is 25.6. The molecule has 1 aromatic carbocycles. The molecule has 0 bridgehead atoms. The number of nitro benzene ring substituents is 1. The predicted octanol–water partition coefficient (Wildman–Crippen LogP) is 2.06. The Bertz CT molecular complexity index is 539. The number of hydrogen-bond acceptors (Lipinski definition) is 4. The van der Waals surface area contributed by atoms with Gasteiger partial charge in [-0.15, -0.1) is 0 Å². The molecular weight excluding hydrogens is 268 g/mol. The molecule has 2 heterocycles. The predicted molar refractivity (Wildman–Crippen MR) is 69.7 cm³/mol. The largest absolute Gasteiger partial charge is 0.362 e. The first-order valence-electron chi connectivity index (χ1n) is 6.68. The summed E-state index contributed by atoms with van der Waals surface area (Å²) in [4.78, 5) is 12.0. The molecular formula is C13H15F2N3O2. The standard InChI is InChI=1S/C13H15F2N3O2/c14-9-3-4-11(18(19)20)13(12(9)15)17-6-8-2-1-5-16-10(8)7-17/h3-4,8,10,16H,1-2,5-7H2. The maximum absolute atomic E-state index is 14.0. The van der Waals surface area contributed by atoms with Crippen molar-refractivity contribution in [2.75, 3.05) is 24.5 Å². The van der Waals surface area contributed by atoms with E-state index in [0.717, 1.165) is 31.5 Å². The number of piperidine rings is 1. The first-order valence-corrected chi connectivity index (χ1v) is 6.68. The highest BCUT2D eigenvalue weighted by molar-refractivity contribution is 5.65. The summed E-state index contributed by atoms with van der Waals surface area (Å²) in [7, 11) is 0. The topological polar surface area (TPSA) is 58.4 Å². The van der Waals surface area contributed by atoms with Crippen LogP contribution in [0.15, 0.2) is 12.1 Å². The van der Waals surface area contributed by atoms with Gasteiger partial charge in [-0.1, -0.05) is 0 Å². The Hall–Kier alpha value is -1.76. The molecule has 108 valence electrons. The third-order valence-electron chi connectivity index (χ3n) is 4.16. The van der Waals surface area contributed by atoms with Crippen LogP contribution < -0.4 is 10.2 Å². The third-order valence-corrected chi connectivity index (χ3v) is 4.16. The Balaban J connectivity index is 1.97.